The Bertz CT molecular complexity index is 456. The number of rotatable bonds is 1. The van der Waals surface area contributed by atoms with Crippen LogP contribution in [0, 0.1) is 0 Å². The van der Waals surface area contributed by atoms with E-state index >= 15 is 0 Å². The Hall–Kier alpha value is -1.62. The standard InChI is InChI=1S/C7H8N4O/c8-3-5-4-11-6(9-5)1-2-7(12)10-11/h1-2,4H,3,8H2,(H,10,12). The van der Waals surface area contributed by atoms with E-state index in [-0.39, 0.29) is 5.56 Å². The van der Waals surface area contributed by atoms with E-state index < -0.39 is 0 Å². The summed E-state index contributed by atoms with van der Waals surface area (Å²) in [6.45, 7) is 0.379. The lowest BCUT2D eigenvalue weighted by Crippen LogP contribution is -2.07. The predicted molar refractivity (Wildman–Crippen MR) is 43.7 cm³/mol. The third kappa shape index (κ3) is 0.998. The van der Waals surface area contributed by atoms with Crippen molar-refractivity contribution in [3.8, 4) is 0 Å². The predicted octanol–water partition coefficient (Wildman–Crippen LogP) is -0.519. The summed E-state index contributed by atoms with van der Waals surface area (Å²) in [4.78, 5) is 15.0. The molecule has 0 saturated heterocycles. The van der Waals surface area contributed by atoms with Gasteiger partial charge < -0.3 is 5.73 Å². The molecule has 0 aromatic carbocycles. The summed E-state index contributed by atoms with van der Waals surface area (Å²) in [5.74, 6) is 0. The molecule has 0 radical (unpaired) electrons. The van der Waals surface area contributed by atoms with Gasteiger partial charge in [0, 0.05) is 12.6 Å². The molecular formula is C7H8N4O. The quantitative estimate of drug-likeness (QED) is 0.595. The molecule has 0 unspecified atom stereocenters. The normalized spacial score (nSPS) is 10.8. The highest BCUT2D eigenvalue weighted by molar-refractivity contribution is 5.37. The number of aromatic amines is 1. The smallest absolute Gasteiger partial charge is 0.262 e. The van der Waals surface area contributed by atoms with E-state index in [4.69, 9.17) is 5.73 Å². The summed E-state index contributed by atoms with van der Waals surface area (Å²) >= 11 is 0. The first-order valence-electron chi connectivity index (χ1n) is 3.57. The van der Waals surface area contributed by atoms with Crippen LogP contribution in [0.2, 0.25) is 0 Å². The zero-order valence-corrected chi connectivity index (χ0v) is 6.32. The lowest BCUT2D eigenvalue weighted by molar-refractivity contribution is 0.899. The minimum atomic E-state index is -0.150. The van der Waals surface area contributed by atoms with Crippen LogP contribution in [0.25, 0.3) is 5.65 Å². The van der Waals surface area contributed by atoms with Gasteiger partial charge in [0.25, 0.3) is 5.56 Å². The van der Waals surface area contributed by atoms with Crippen molar-refractivity contribution in [3.63, 3.8) is 0 Å². The summed E-state index contributed by atoms with van der Waals surface area (Å²) in [7, 11) is 0. The number of hydrogen-bond acceptors (Lipinski definition) is 3. The third-order valence-corrected chi connectivity index (χ3v) is 1.61. The molecule has 2 rings (SSSR count). The second-order valence-electron chi connectivity index (χ2n) is 2.47. The fourth-order valence-corrected chi connectivity index (χ4v) is 1.06. The van der Waals surface area contributed by atoms with Crippen molar-refractivity contribution in [1.29, 1.82) is 0 Å². The van der Waals surface area contributed by atoms with Crippen LogP contribution in [0.1, 0.15) is 5.69 Å². The van der Waals surface area contributed by atoms with Crippen molar-refractivity contribution < 1.29 is 0 Å². The summed E-state index contributed by atoms with van der Waals surface area (Å²) in [6, 6.07) is 3.08. The zero-order chi connectivity index (χ0) is 8.55. The molecule has 0 saturated carbocycles. The minimum absolute atomic E-state index is 0.150. The van der Waals surface area contributed by atoms with Gasteiger partial charge in [0.2, 0.25) is 0 Å². The molecule has 0 amide bonds. The number of nitrogens with one attached hydrogen (secondary N) is 1. The molecule has 0 bridgehead atoms. The molecule has 5 nitrogen and oxygen atoms in total. The molecule has 12 heavy (non-hydrogen) atoms. The average molecular weight is 164 g/mol. The van der Waals surface area contributed by atoms with Gasteiger partial charge in [0.05, 0.1) is 11.9 Å². The van der Waals surface area contributed by atoms with Crippen molar-refractivity contribution in [2.75, 3.05) is 0 Å². The summed E-state index contributed by atoms with van der Waals surface area (Å²) < 4.78 is 1.56. The first-order chi connectivity index (χ1) is 5.79. The molecule has 0 aliphatic heterocycles. The second kappa shape index (κ2) is 2.46. The van der Waals surface area contributed by atoms with Gasteiger partial charge in [-0.3, -0.25) is 9.89 Å². The van der Waals surface area contributed by atoms with Crippen molar-refractivity contribution in [2.24, 2.45) is 5.73 Å². The number of H-pyrrole nitrogens is 1. The van der Waals surface area contributed by atoms with E-state index in [1.807, 2.05) is 0 Å². The number of imidazole rings is 1. The maximum absolute atomic E-state index is 10.8. The van der Waals surface area contributed by atoms with Gasteiger partial charge in [-0.15, -0.1) is 0 Å². The molecule has 0 atom stereocenters. The fourth-order valence-electron chi connectivity index (χ4n) is 1.06. The topological polar surface area (TPSA) is 76.2 Å². The first-order valence-corrected chi connectivity index (χ1v) is 3.57. The Morgan fingerprint density at radius 3 is 3.17 bits per heavy atom. The maximum atomic E-state index is 10.8. The van der Waals surface area contributed by atoms with E-state index in [9.17, 15) is 4.79 Å². The van der Waals surface area contributed by atoms with Crippen LogP contribution < -0.4 is 11.3 Å². The minimum Gasteiger partial charge on any atom is -0.325 e. The highest BCUT2D eigenvalue weighted by atomic mass is 16.1. The Morgan fingerprint density at radius 1 is 1.58 bits per heavy atom. The van der Waals surface area contributed by atoms with Gasteiger partial charge in [-0.05, 0) is 6.07 Å². The van der Waals surface area contributed by atoms with Crippen molar-refractivity contribution in [1.82, 2.24) is 14.6 Å². The Labute approximate surface area is 67.8 Å². The van der Waals surface area contributed by atoms with E-state index in [0.717, 1.165) is 5.69 Å². The third-order valence-electron chi connectivity index (χ3n) is 1.61. The van der Waals surface area contributed by atoms with Crippen LogP contribution >= 0.6 is 0 Å². The van der Waals surface area contributed by atoms with Gasteiger partial charge in [0.15, 0.2) is 5.65 Å². The van der Waals surface area contributed by atoms with Gasteiger partial charge >= 0.3 is 0 Å². The number of nitrogens with zero attached hydrogens (tertiary/aromatic N) is 2. The summed E-state index contributed by atoms with van der Waals surface area (Å²) in [5, 5.41) is 2.59. The van der Waals surface area contributed by atoms with E-state index in [0.29, 0.717) is 12.2 Å². The van der Waals surface area contributed by atoms with Crippen LogP contribution in [0.3, 0.4) is 0 Å². The number of nitrogens with two attached hydrogens (primary N) is 1. The van der Waals surface area contributed by atoms with E-state index in [2.05, 4.69) is 10.1 Å². The van der Waals surface area contributed by atoms with Gasteiger partial charge in [-0.1, -0.05) is 0 Å². The van der Waals surface area contributed by atoms with Crippen LogP contribution in [0.15, 0.2) is 23.1 Å². The van der Waals surface area contributed by atoms with Crippen molar-refractivity contribution in [2.45, 2.75) is 6.54 Å². The number of hydrogen-bond donors (Lipinski definition) is 2. The summed E-state index contributed by atoms with van der Waals surface area (Å²) in [6.07, 6.45) is 1.71. The average Bonchev–Trinajstić information content (AvgIpc) is 2.46. The van der Waals surface area contributed by atoms with Gasteiger partial charge in [0.1, 0.15) is 0 Å². The van der Waals surface area contributed by atoms with Gasteiger partial charge in [-0.25, -0.2) is 9.50 Å². The number of fused-ring (bicyclic) bond motifs is 1. The summed E-state index contributed by atoms with van der Waals surface area (Å²) in [5.41, 5.74) is 6.70. The lowest BCUT2D eigenvalue weighted by atomic mass is 10.5. The van der Waals surface area contributed by atoms with E-state index in [1.54, 1.807) is 16.8 Å². The molecule has 3 N–H and O–H groups in total. The Balaban J connectivity index is 2.75. The Morgan fingerprint density at radius 2 is 2.42 bits per heavy atom. The van der Waals surface area contributed by atoms with Crippen LogP contribution in [-0.2, 0) is 6.54 Å². The first kappa shape index (κ1) is 7.05. The Kier molecular flexibility index (Phi) is 1.44. The number of aromatic nitrogens is 3. The van der Waals surface area contributed by atoms with Crippen molar-refractivity contribution >= 4 is 5.65 Å². The van der Waals surface area contributed by atoms with Gasteiger partial charge in [-0.2, -0.15) is 0 Å². The largest absolute Gasteiger partial charge is 0.325 e. The molecule has 0 aliphatic rings. The molecular weight excluding hydrogens is 156 g/mol. The highest BCUT2D eigenvalue weighted by Crippen LogP contribution is 1.98. The van der Waals surface area contributed by atoms with Crippen LogP contribution in [-0.4, -0.2) is 14.6 Å². The molecule has 2 aromatic rings. The van der Waals surface area contributed by atoms with Crippen LogP contribution in [0.4, 0.5) is 0 Å². The van der Waals surface area contributed by atoms with E-state index in [1.165, 1.54) is 6.07 Å². The molecule has 0 spiro atoms. The molecule has 62 valence electrons. The second-order valence-corrected chi connectivity index (χ2v) is 2.47. The molecule has 0 aliphatic carbocycles. The monoisotopic (exact) mass is 164 g/mol. The van der Waals surface area contributed by atoms with Crippen molar-refractivity contribution in [3.05, 3.63) is 34.4 Å². The lowest BCUT2D eigenvalue weighted by Gasteiger charge is -1.88. The highest BCUT2D eigenvalue weighted by Gasteiger charge is 1.98. The molecule has 0 fully saturated rings. The van der Waals surface area contributed by atoms with Crippen LogP contribution in [0.5, 0.6) is 0 Å². The maximum Gasteiger partial charge on any atom is 0.262 e. The molecule has 5 heteroatoms. The zero-order valence-electron chi connectivity index (χ0n) is 6.32. The molecule has 2 heterocycles. The molecule has 2 aromatic heterocycles. The SMILES string of the molecule is NCc1cn2[nH]c(=O)ccc2n1. The fraction of sp³-hybridized carbons (Fsp3) is 0.143.